The third kappa shape index (κ3) is 6.24. The van der Waals surface area contributed by atoms with E-state index in [0.29, 0.717) is 6.54 Å². The molecule has 0 fully saturated rings. The van der Waals surface area contributed by atoms with Crippen LogP contribution in [0.1, 0.15) is 19.8 Å². The van der Waals surface area contributed by atoms with Crippen molar-refractivity contribution in [3.63, 3.8) is 0 Å². The van der Waals surface area contributed by atoms with Gasteiger partial charge in [-0.1, -0.05) is 6.92 Å². The van der Waals surface area contributed by atoms with E-state index in [1.807, 2.05) is 6.92 Å². The van der Waals surface area contributed by atoms with Crippen molar-refractivity contribution in [3.05, 3.63) is 0 Å². The lowest BCUT2D eigenvalue weighted by atomic mass is 10.2. The Morgan fingerprint density at radius 2 is 2.07 bits per heavy atom. The highest BCUT2D eigenvalue weighted by atomic mass is 16.7. The van der Waals surface area contributed by atoms with E-state index in [4.69, 9.17) is 10.2 Å². The summed E-state index contributed by atoms with van der Waals surface area (Å²) in [6.07, 6.45) is -0.421. The molecule has 6 heteroatoms. The number of ether oxygens (including phenoxy) is 1. The molecule has 0 aliphatic carbocycles. The van der Waals surface area contributed by atoms with Crippen molar-refractivity contribution in [1.29, 1.82) is 0 Å². The molecule has 0 spiro atoms. The minimum Gasteiger partial charge on any atom is -0.480 e. The minimum absolute atomic E-state index is 0.108. The number of carboxylic acids is 1. The van der Waals surface area contributed by atoms with Crippen LogP contribution in [0.5, 0.6) is 0 Å². The molecule has 3 N–H and O–H groups in total. The van der Waals surface area contributed by atoms with Crippen LogP contribution in [0.25, 0.3) is 0 Å². The maximum Gasteiger partial charge on any atom is 0.505 e. The maximum absolute atomic E-state index is 10.6. The fraction of sp³-hybridized carbons (Fsp3) is 0.750. The minimum atomic E-state index is -1.38. The lowest BCUT2D eigenvalue weighted by Crippen LogP contribution is -2.38. The molecular weight excluding hydrogens is 190 g/mol. The smallest absolute Gasteiger partial charge is 0.480 e. The first kappa shape index (κ1) is 12.7. The van der Waals surface area contributed by atoms with Gasteiger partial charge in [0.15, 0.2) is 0 Å². The number of hydrogen-bond donors (Lipinski definition) is 3. The van der Waals surface area contributed by atoms with Crippen LogP contribution in [0.3, 0.4) is 0 Å². The SMILES string of the molecule is CCCNC(CCOC(=O)O)C(=O)O. The van der Waals surface area contributed by atoms with Crippen LogP contribution in [0, 0.1) is 0 Å². The summed E-state index contributed by atoms with van der Waals surface area (Å²) < 4.78 is 4.22. The molecule has 0 aromatic rings. The van der Waals surface area contributed by atoms with Crippen LogP contribution in [-0.4, -0.2) is 41.5 Å². The second kappa shape index (κ2) is 7.14. The van der Waals surface area contributed by atoms with Crippen molar-refractivity contribution in [2.45, 2.75) is 25.8 Å². The summed E-state index contributed by atoms with van der Waals surface area (Å²) in [5.74, 6) is -0.993. The lowest BCUT2D eigenvalue weighted by Gasteiger charge is -2.12. The summed E-state index contributed by atoms with van der Waals surface area (Å²) in [4.78, 5) is 20.6. The van der Waals surface area contributed by atoms with Gasteiger partial charge in [0, 0.05) is 6.42 Å². The van der Waals surface area contributed by atoms with Gasteiger partial charge in [-0.25, -0.2) is 4.79 Å². The molecule has 1 unspecified atom stereocenters. The van der Waals surface area contributed by atoms with Gasteiger partial charge in [0.25, 0.3) is 0 Å². The zero-order valence-corrected chi connectivity index (χ0v) is 8.02. The Morgan fingerprint density at radius 1 is 1.43 bits per heavy atom. The molecule has 0 aromatic carbocycles. The molecule has 0 saturated carbocycles. The summed E-state index contributed by atoms with van der Waals surface area (Å²) in [5, 5.41) is 19.6. The molecule has 0 aliphatic heterocycles. The number of nitrogens with one attached hydrogen (secondary N) is 1. The maximum atomic E-state index is 10.6. The normalized spacial score (nSPS) is 12.1. The average molecular weight is 205 g/mol. The Labute approximate surface area is 81.9 Å². The molecule has 0 heterocycles. The van der Waals surface area contributed by atoms with E-state index in [2.05, 4.69) is 10.1 Å². The van der Waals surface area contributed by atoms with Gasteiger partial charge in [-0.2, -0.15) is 0 Å². The predicted octanol–water partition coefficient (Wildman–Crippen LogP) is 0.524. The average Bonchev–Trinajstić information content (AvgIpc) is 2.09. The zero-order chi connectivity index (χ0) is 11.0. The lowest BCUT2D eigenvalue weighted by molar-refractivity contribution is -0.140. The Hall–Kier alpha value is -1.30. The molecule has 6 nitrogen and oxygen atoms in total. The van der Waals surface area contributed by atoms with Gasteiger partial charge in [-0.05, 0) is 13.0 Å². The second-order valence-electron chi connectivity index (χ2n) is 2.75. The molecule has 0 aliphatic rings. The van der Waals surface area contributed by atoms with E-state index in [-0.39, 0.29) is 13.0 Å². The highest BCUT2D eigenvalue weighted by Gasteiger charge is 2.16. The van der Waals surface area contributed by atoms with Crippen LogP contribution in [0.2, 0.25) is 0 Å². The molecule has 0 rings (SSSR count). The summed E-state index contributed by atoms with van der Waals surface area (Å²) >= 11 is 0. The van der Waals surface area contributed by atoms with E-state index in [1.54, 1.807) is 0 Å². The number of hydrogen-bond acceptors (Lipinski definition) is 4. The predicted molar refractivity (Wildman–Crippen MR) is 48.3 cm³/mol. The first-order valence-corrected chi connectivity index (χ1v) is 4.39. The standard InChI is InChI=1S/C8H15NO5/c1-2-4-9-6(7(10)11)3-5-14-8(12)13/h6,9H,2-5H2,1H3,(H,10,11)(H,12,13). The summed E-state index contributed by atoms with van der Waals surface area (Å²) in [5.41, 5.74) is 0. The van der Waals surface area contributed by atoms with Gasteiger partial charge in [-0.15, -0.1) is 0 Å². The quantitative estimate of drug-likeness (QED) is 0.524. The molecule has 0 bridgehead atoms. The third-order valence-electron chi connectivity index (χ3n) is 1.57. The van der Waals surface area contributed by atoms with Gasteiger partial charge in [-0.3, -0.25) is 4.79 Å². The Kier molecular flexibility index (Phi) is 6.47. The Morgan fingerprint density at radius 3 is 2.50 bits per heavy atom. The van der Waals surface area contributed by atoms with Crippen LogP contribution < -0.4 is 5.32 Å². The number of aliphatic carboxylic acids is 1. The van der Waals surface area contributed by atoms with E-state index < -0.39 is 18.2 Å². The largest absolute Gasteiger partial charge is 0.505 e. The molecule has 1 atom stereocenters. The molecule has 14 heavy (non-hydrogen) atoms. The molecule has 82 valence electrons. The number of carbonyl (C=O) groups is 2. The molecular formula is C8H15NO5. The van der Waals surface area contributed by atoms with Crippen molar-refractivity contribution in [2.75, 3.05) is 13.2 Å². The summed E-state index contributed by atoms with van der Waals surface area (Å²) in [7, 11) is 0. The van der Waals surface area contributed by atoms with Crippen LogP contribution in [-0.2, 0) is 9.53 Å². The summed E-state index contributed by atoms with van der Waals surface area (Å²) in [6, 6.07) is -0.741. The third-order valence-corrected chi connectivity index (χ3v) is 1.57. The fourth-order valence-electron chi connectivity index (χ4n) is 0.896. The fourth-order valence-corrected chi connectivity index (χ4v) is 0.896. The van der Waals surface area contributed by atoms with Crippen LogP contribution >= 0.6 is 0 Å². The van der Waals surface area contributed by atoms with Crippen molar-refractivity contribution in [1.82, 2.24) is 5.32 Å². The van der Waals surface area contributed by atoms with Crippen molar-refractivity contribution >= 4 is 12.1 Å². The number of rotatable bonds is 7. The molecule has 0 radical (unpaired) electrons. The van der Waals surface area contributed by atoms with E-state index >= 15 is 0 Å². The first-order chi connectivity index (χ1) is 6.57. The van der Waals surface area contributed by atoms with Crippen molar-refractivity contribution in [2.24, 2.45) is 0 Å². The number of carboxylic acid groups (broad SMARTS) is 2. The molecule has 0 saturated heterocycles. The zero-order valence-electron chi connectivity index (χ0n) is 8.02. The van der Waals surface area contributed by atoms with Gasteiger partial charge in [0.05, 0.1) is 6.61 Å². The second-order valence-corrected chi connectivity index (χ2v) is 2.75. The summed E-state index contributed by atoms with van der Waals surface area (Å²) in [6.45, 7) is 2.40. The topological polar surface area (TPSA) is 95.9 Å². The van der Waals surface area contributed by atoms with Crippen LogP contribution in [0.15, 0.2) is 0 Å². The van der Waals surface area contributed by atoms with E-state index in [9.17, 15) is 9.59 Å². The highest BCUT2D eigenvalue weighted by Crippen LogP contribution is 1.94. The van der Waals surface area contributed by atoms with E-state index in [0.717, 1.165) is 6.42 Å². The highest BCUT2D eigenvalue weighted by molar-refractivity contribution is 5.73. The first-order valence-electron chi connectivity index (χ1n) is 4.39. The monoisotopic (exact) mass is 205 g/mol. The van der Waals surface area contributed by atoms with Crippen LogP contribution in [0.4, 0.5) is 4.79 Å². The van der Waals surface area contributed by atoms with E-state index in [1.165, 1.54) is 0 Å². The molecule has 0 amide bonds. The van der Waals surface area contributed by atoms with Crippen molar-refractivity contribution < 1.29 is 24.5 Å². The Balaban J connectivity index is 3.73. The molecule has 0 aromatic heterocycles. The van der Waals surface area contributed by atoms with Gasteiger partial charge in [0.2, 0.25) is 0 Å². The van der Waals surface area contributed by atoms with Gasteiger partial charge in [0.1, 0.15) is 6.04 Å². The Bertz CT molecular complexity index is 194. The van der Waals surface area contributed by atoms with Gasteiger partial charge >= 0.3 is 12.1 Å². The van der Waals surface area contributed by atoms with Gasteiger partial charge < -0.3 is 20.3 Å². The van der Waals surface area contributed by atoms with Crippen molar-refractivity contribution in [3.8, 4) is 0 Å².